The Morgan fingerprint density at radius 3 is 2.43 bits per heavy atom. The van der Waals surface area contributed by atoms with Crippen LogP contribution in [0.2, 0.25) is 0 Å². The van der Waals surface area contributed by atoms with Gasteiger partial charge in [0.25, 0.3) is 0 Å². The number of nitrogens with zero attached hydrogens (tertiary/aromatic N) is 3. The second kappa shape index (κ2) is 8.62. The minimum absolute atomic E-state index is 0.296. The first-order valence-electron chi connectivity index (χ1n) is 9.55. The minimum Gasteiger partial charge on any atom is -0.490 e. The molecule has 150 valence electrons. The molecule has 0 aliphatic carbocycles. The van der Waals surface area contributed by atoms with E-state index in [0.29, 0.717) is 41.5 Å². The molecule has 30 heavy (non-hydrogen) atoms. The van der Waals surface area contributed by atoms with Crippen LogP contribution in [-0.4, -0.2) is 33.4 Å². The number of rotatable bonds is 5. The number of benzene rings is 2. The van der Waals surface area contributed by atoms with Crippen molar-refractivity contribution in [3.05, 3.63) is 66.0 Å². The Balaban J connectivity index is 1.76. The van der Waals surface area contributed by atoms with Gasteiger partial charge in [0.1, 0.15) is 17.8 Å². The fraction of sp³-hybridized carbons (Fsp3) is 0.174. The molecule has 2 aromatic carbocycles. The molecule has 4 rings (SSSR count). The number of aromatic nitrogens is 4. The van der Waals surface area contributed by atoms with Gasteiger partial charge in [-0.3, -0.25) is 5.10 Å². The Bertz CT molecular complexity index is 1240. The fourth-order valence-corrected chi connectivity index (χ4v) is 3.04. The highest BCUT2D eigenvalue weighted by atomic mass is 19.1. The number of aromatic amines is 1. The normalized spacial score (nSPS) is 10.5. The second-order valence-corrected chi connectivity index (χ2v) is 6.32. The highest BCUT2D eigenvalue weighted by Crippen LogP contribution is 2.32. The topological polar surface area (TPSA) is 72.9 Å². The summed E-state index contributed by atoms with van der Waals surface area (Å²) in [6.45, 7) is 4.87. The maximum Gasteiger partial charge on any atom is 0.163 e. The summed E-state index contributed by atoms with van der Waals surface area (Å²) in [5, 5.41) is 7.76. The molecule has 0 amide bonds. The summed E-state index contributed by atoms with van der Waals surface area (Å²) in [4.78, 5) is 8.67. The summed E-state index contributed by atoms with van der Waals surface area (Å²) in [7, 11) is 0. The quantitative estimate of drug-likeness (QED) is 0.502. The van der Waals surface area contributed by atoms with E-state index >= 15 is 0 Å². The van der Waals surface area contributed by atoms with E-state index in [0.717, 1.165) is 16.6 Å². The smallest absolute Gasteiger partial charge is 0.163 e. The molecule has 0 saturated heterocycles. The number of hydrogen-bond donors (Lipinski definition) is 1. The highest BCUT2D eigenvalue weighted by molar-refractivity contribution is 5.87. The van der Waals surface area contributed by atoms with Crippen LogP contribution in [0, 0.1) is 17.7 Å². The lowest BCUT2D eigenvalue weighted by Crippen LogP contribution is -1.99. The van der Waals surface area contributed by atoms with Gasteiger partial charge in [-0.1, -0.05) is 5.92 Å². The number of nitrogens with one attached hydrogen (secondary N) is 1. The summed E-state index contributed by atoms with van der Waals surface area (Å²) in [6, 6.07) is 9.84. The van der Waals surface area contributed by atoms with Crippen LogP contribution in [0.1, 0.15) is 25.1 Å². The van der Waals surface area contributed by atoms with Gasteiger partial charge in [0.05, 0.1) is 36.2 Å². The molecule has 0 aliphatic rings. The molecule has 0 unspecified atom stereocenters. The van der Waals surface area contributed by atoms with Gasteiger partial charge in [-0.2, -0.15) is 5.10 Å². The average molecular weight is 402 g/mol. The fourth-order valence-electron chi connectivity index (χ4n) is 3.04. The average Bonchev–Trinajstić information content (AvgIpc) is 3.22. The van der Waals surface area contributed by atoms with Crippen LogP contribution in [0.25, 0.3) is 22.2 Å². The molecule has 0 spiro atoms. The molecule has 2 heterocycles. The molecule has 0 aliphatic heterocycles. The molecule has 6 nitrogen and oxygen atoms in total. The van der Waals surface area contributed by atoms with Crippen molar-refractivity contribution in [3.8, 4) is 34.6 Å². The SMILES string of the molecule is CCOc1cc2ncnc(C#Cc3cn[nH]c3-c3ccc(F)cc3)c2cc1OCC. The van der Waals surface area contributed by atoms with Crippen molar-refractivity contribution >= 4 is 10.9 Å². The third-order valence-corrected chi connectivity index (χ3v) is 4.39. The Morgan fingerprint density at radius 2 is 1.70 bits per heavy atom. The Kier molecular flexibility index (Phi) is 5.57. The largest absolute Gasteiger partial charge is 0.490 e. The Morgan fingerprint density at radius 1 is 0.967 bits per heavy atom. The van der Waals surface area contributed by atoms with Crippen LogP contribution in [-0.2, 0) is 0 Å². The lowest BCUT2D eigenvalue weighted by Gasteiger charge is -2.12. The first-order chi connectivity index (χ1) is 14.7. The van der Waals surface area contributed by atoms with Crippen molar-refractivity contribution in [2.45, 2.75) is 13.8 Å². The van der Waals surface area contributed by atoms with Crippen molar-refractivity contribution in [3.63, 3.8) is 0 Å². The highest BCUT2D eigenvalue weighted by Gasteiger charge is 2.11. The molecule has 0 bridgehead atoms. The second-order valence-electron chi connectivity index (χ2n) is 6.32. The lowest BCUT2D eigenvalue weighted by molar-refractivity contribution is 0.288. The van der Waals surface area contributed by atoms with Crippen LogP contribution in [0.15, 0.2) is 48.9 Å². The maximum absolute atomic E-state index is 13.2. The van der Waals surface area contributed by atoms with Crippen molar-refractivity contribution < 1.29 is 13.9 Å². The summed E-state index contributed by atoms with van der Waals surface area (Å²) in [5.41, 5.74) is 3.48. The van der Waals surface area contributed by atoms with E-state index in [4.69, 9.17) is 9.47 Å². The van der Waals surface area contributed by atoms with Gasteiger partial charge < -0.3 is 9.47 Å². The summed E-state index contributed by atoms with van der Waals surface area (Å²) in [6.07, 6.45) is 3.10. The standard InChI is InChI=1S/C23H19FN4O2/c1-3-29-21-11-18-19(25-14-26-20(18)12-22(21)30-4-2)10-7-16-13-27-28-23(16)15-5-8-17(24)9-6-15/h5-6,8-9,11-14H,3-4H2,1-2H3,(H,27,28). The van der Waals surface area contributed by atoms with E-state index in [1.165, 1.54) is 18.5 Å². The van der Waals surface area contributed by atoms with Gasteiger partial charge in [0.15, 0.2) is 11.5 Å². The molecule has 7 heteroatoms. The third-order valence-electron chi connectivity index (χ3n) is 4.39. The zero-order valence-electron chi connectivity index (χ0n) is 16.6. The van der Waals surface area contributed by atoms with Gasteiger partial charge in [-0.05, 0) is 50.1 Å². The zero-order chi connectivity index (χ0) is 20.9. The van der Waals surface area contributed by atoms with Gasteiger partial charge in [-0.25, -0.2) is 14.4 Å². The van der Waals surface area contributed by atoms with Gasteiger partial charge in [-0.15, -0.1) is 0 Å². The van der Waals surface area contributed by atoms with Gasteiger partial charge in [0, 0.05) is 17.0 Å². The van der Waals surface area contributed by atoms with E-state index in [9.17, 15) is 4.39 Å². The van der Waals surface area contributed by atoms with Crippen LogP contribution in [0.5, 0.6) is 11.5 Å². The first-order valence-corrected chi connectivity index (χ1v) is 9.55. The molecule has 1 N–H and O–H groups in total. The molecule has 0 radical (unpaired) electrons. The number of fused-ring (bicyclic) bond motifs is 1. The van der Waals surface area contributed by atoms with Gasteiger partial charge in [0.2, 0.25) is 0 Å². The molecule has 0 atom stereocenters. The van der Waals surface area contributed by atoms with Crippen molar-refractivity contribution in [1.82, 2.24) is 20.2 Å². The summed E-state index contributed by atoms with van der Waals surface area (Å²) >= 11 is 0. The van der Waals surface area contributed by atoms with Crippen LogP contribution >= 0.6 is 0 Å². The summed E-state index contributed by atoms with van der Waals surface area (Å²) in [5.74, 6) is 7.17. The first kappa shape index (κ1) is 19.4. The van der Waals surface area contributed by atoms with Crippen molar-refractivity contribution in [2.75, 3.05) is 13.2 Å². The molecule has 4 aromatic rings. The predicted octanol–water partition coefficient (Wildman–Crippen LogP) is 4.36. The number of hydrogen-bond acceptors (Lipinski definition) is 5. The number of H-pyrrole nitrogens is 1. The summed E-state index contributed by atoms with van der Waals surface area (Å²) < 4.78 is 24.6. The molecule has 0 saturated carbocycles. The predicted molar refractivity (Wildman–Crippen MR) is 112 cm³/mol. The van der Waals surface area contributed by atoms with E-state index in [1.807, 2.05) is 26.0 Å². The van der Waals surface area contributed by atoms with E-state index in [1.54, 1.807) is 18.3 Å². The van der Waals surface area contributed by atoms with E-state index < -0.39 is 0 Å². The van der Waals surface area contributed by atoms with Crippen LogP contribution in [0.3, 0.4) is 0 Å². The van der Waals surface area contributed by atoms with Crippen molar-refractivity contribution in [2.24, 2.45) is 0 Å². The van der Waals surface area contributed by atoms with Crippen LogP contribution < -0.4 is 9.47 Å². The van der Waals surface area contributed by atoms with E-state index in [-0.39, 0.29) is 5.82 Å². The maximum atomic E-state index is 13.2. The van der Waals surface area contributed by atoms with Crippen LogP contribution in [0.4, 0.5) is 4.39 Å². The monoisotopic (exact) mass is 402 g/mol. The van der Waals surface area contributed by atoms with E-state index in [2.05, 4.69) is 32.0 Å². The molecular weight excluding hydrogens is 383 g/mol. The van der Waals surface area contributed by atoms with Crippen molar-refractivity contribution in [1.29, 1.82) is 0 Å². The number of halogens is 1. The number of ether oxygens (including phenoxy) is 2. The molecular formula is C23H19FN4O2. The molecule has 2 aromatic heterocycles. The van der Waals surface area contributed by atoms with Gasteiger partial charge >= 0.3 is 0 Å². The Hall–Kier alpha value is -3.92. The molecule has 0 fully saturated rings. The third kappa shape index (κ3) is 3.94. The lowest BCUT2D eigenvalue weighted by atomic mass is 10.1. The zero-order valence-corrected chi connectivity index (χ0v) is 16.6. The Labute approximate surface area is 173 Å². The minimum atomic E-state index is -0.296.